The summed E-state index contributed by atoms with van der Waals surface area (Å²) in [6.07, 6.45) is 1.69. The summed E-state index contributed by atoms with van der Waals surface area (Å²) in [5.74, 6) is -0.579. The molecule has 6 nitrogen and oxygen atoms in total. The van der Waals surface area contributed by atoms with Crippen LogP contribution < -0.4 is 11.1 Å². The monoisotopic (exact) mass is 332 g/mol. The number of hydrogen-bond donors (Lipinski definition) is 2. The Hall–Kier alpha value is -2.47. The maximum Gasteiger partial charge on any atom is 0.322 e. The molecule has 0 spiro atoms. The number of aromatic nitrogens is 1. The highest BCUT2D eigenvalue weighted by molar-refractivity contribution is 6.34. The Labute approximate surface area is 138 Å². The zero-order valence-electron chi connectivity index (χ0n) is 12.7. The maximum atomic E-state index is 12.4. The minimum Gasteiger partial charge on any atom is -0.365 e. The van der Waals surface area contributed by atoms with Gasteiger partial charge in [0.05, 0.1) is 22.8 Å². The van der Waals surface area contributed by atoms with Gasteiger partial charge >= 0.3 is 6.03 Å². The van der Waals surface area contributed by atoms with Crippen LogP contribution in [0.1, 0.15) is 21.6 Å². The Bertz CT molecular complexity index is 767. The molecule has 0 aliphatic carbocycles. The molecule has 0 radical (unpaired) electrons. The number of urea groups is 1. The number of halogens is 1. The Morgan fingerprint density at radius 1 is 1.22 bits per heavy atom. The molecule has 23 heavy (non-hydrogen) atoms. The number of hydrogen-bond acceptors (Lipinski definition) is 2. The molecule has 3 N–H and O–H groups in total. The minimum atomic E-state index is -0.579. The number of primary amides is 1. The van der Waals surface area contributed by atoms with Crippen LogP contribution in [0.2, 0.25) is 5.02 Å². The van der Waals surface area contributed by atoms with Crippen LogP contribution in [0, 0.1) is 6.92 Å². The first-order valence-corrected chi connectivity index (χ1v) is 7.63. The fourth-order valence-electron chi connectivity index (χ4n) is 2.69. The predicted molar refractivity (Wildman–Crippen MR) is 88.6 cm³/mol. The highest BCUT2D eigenvalue weighted by atomic mass is 35.5. The number of aryl methyl sites for hydroxylation is 1. The molecule has 0 fully saturated rings. The van der Waals surface area contributed by atoms with E-state index < -0.39 is 5.91 Å². The number of amides is 3. The first kappa shape index (κ1) is 15.4. The second kappa shape index (κ2) is 5.96. The van der Waals surface area contributed by atoms with Crippen LogP contribution in [-0.4, -0.2) is 28.0 Å². The molecule has 2 aromatic rings. The van der Waals surface area contributed by atoms with Crippen molar-refractivity contribution in [2.45, 2.75) is 20.0 Å². The van der Waals surface area contributed by atoms with Crippen molar-refractivity contribution >= 4 is 29.2 Å². The summed E-state index contributed by atoms with van der Waals surface area (Å²) in [5, 5.41) is 3.18. The Morgan fingerprint density at radius 3 is 2.57 bits per heavy atom. The predicted octanol–water partition coefficient (Wildman–Crippen LogP) is 2.60. The number of nitrogens with zero attached hydrogens (tertiary/aromatic N) is 2. The van der Waals surface area contributed by atoms with Gasteiger partial charge in [0.25, 0.3) is 5.91 Å². The third kappa shape index (κ3) is 3.03. The second-order valence-corrected chi connectivity index (χ2v) is 5.98. The SMILES string of the molecule is Cc1ccc(NC(=O)N2CCn3cc(Cl)c(C(N)=O)c3C2)cc1. The number of carbonyl (C=O) groups excluding carboxylic acids is 2. The quantitative estimate of drug-likeness (QED) is 0.886. The third-order valence-corrected chi connectivity index (χ3v) is 4.22. The lowest BCUT2D eigenvalue weighted by Gasteiger charge is -2.29. The zero-order chi connectivity index (χ0) is 16.6. The molecular formula is C16H17ClN4O2. The molecule has 0 saturated heterocycles. The number of rotatable bonds is 2. The highest BCUT2D eigenvalue weighted by Gasteiger charge is 2.27. The molecule has 0 unspecified atom stereocenters. The lowest BCUT2D eigenvalue weighted by molar-refractivity contribution is 0.0997. The van der Waals surface area contributed by atoms with E-state index in [0.29, 0.717) is 35.9 Å². The van der Waals surface area contributed by atoms with Gasteiger partial charge in [-0.1, -0.05) is 29.3 Å². The lowest BCUT2D eigenvalue weighted by Crippen LogP contribution is -2.41. The van der Waals surface area contributed by atoms with Crippen LogP contribution in [0.15, 0.2) is 30.5 Å². The second-order valence-electron chi connectivity index (χ2n) is 5.57. The van der Waals surface area contributed by atoms with Crippen LogP contribution in [0.25, 0.3) is 0 Å². The van der Waals surface area contributed by atoms with Gasteiger partial charge in [-0.25, -0.2) is 4.79 Å². The van der Waals surface area contributed by atoms with E-state index in [4.69, 9.17) is 17.3 Å². The van der Waals surface area contributed by atoms with Crippen molar-refractivity contribution < 1.29 is 9.59 Å². The smallest absolute Gasteiger partial charge is 0.322 e. The van der Waals surface area contributed by atoms with Crippen molar-refractivity contribution in [2.24, 2.45) is 5.73 Å². The van der Waals surface area contributed by atoms with Gasteiger partial charge in [-0.3, -0.25) is 4.79 Å². The largest absolute Gasteiger partial charge is 0.365 e. The minimum absolute atomic E-state index is 0.215. The molecule has 0 saturated carbocycles. The van der Waals surface area contributed by atoms with Gasteiger partial charge < -0.3 is 20.5 Å². The molecule has 120 valence electrons. The number of carbonyl (C=O) groups is 2. The van der Waals surface area contributed by atoms with Crippen LogP contribution in [0.4, 0.5) is 10.5 Å². The first-order valence-electron chi connectivity index (χ1n) is 7.25. The van der Waals surface area contributed by atoms with E-state index in [-0.39, 0.29) is 6.03 Å². The lowest BCUT2D eigenvalue weighted by atomic mass is 10.2. The number of benzene rings is 1. The average molecular weight is 333 g/mol. The van der Waals surface area contributed by atoms with Crippen molar-refractivity contribution in [2.75, 3.05) is 11.9 Å². The molecule has 0 atom stereocenters. The molecular weight excluding hydrogens is 316 g/mol. The summed E-state index contributed by atoms with van der Waals surface area (Å²) < 4.78 is 1.87. The molecule has 7 heteroatoms. The topological polar surface area (TPSA) is 80.4 Å². The summed E-state index contributed by atoms with van der Waals surface area (Å²) in [4.78, 5) is 25.6. The third-order valence-electron chi connectivity index (χ3n) is 3.93. The highest BCUT2D eigenvalue weighted by Crippen LogP contribution is 2.26. The standard InChI is InChI=1S/C16H17ClN4O2/c1-10-2-4-11(5-3-10)19-16(23)21-7-6-20-8-12(17)14(15(18)22)13(20)9-21/h2-5,8H,6-7,9H2,1H3,(H2,18,22)(H,19,23). The Kier molecular flexibility index (Phi) is 4.00. The van der Waals surface area contributed by atoms with Gasteiger partial charge in [0, 0.05) is 25.0 Å². The summed E-state index contributed by atoms with van der Waals surface area (Å²) >= 11 is 6.06. The molecule has 3 amide bonds. The van der Waals surface area contributed by atoms with E-state index in [1.54, 1.807) is 11.1 Å². The van der Waals surface area contributed by atoms with E-state index in [9.17, 15) is 9.59 Å². The van der Waals surface area contributed by atoms with Crippen molar-refractivity contribution in [1.82, 2.24) is 9.47 Å². The van der Waals surface area contributed by atoms with Crippen LogP contribution in [0.5, 0.6) is 0 Å². The molecule has 2 heterocycles. The van der Waals surface area contributed by atoms with Crippen LogP contribution in [-0.2, 0) is 13.1 Å². The van der Waals surface area contributed by atoms with Gasteiger partial charge in [0.1, 0.15) is 0 Å². The fraction of sp³-hybridized carbons (Fsp3) is 0.250. The number of nitrogens with two attached hydrogens (primary N) is 1. The van der Waals surface area contributed by atoms with Crippen LogP contribution >= 0.6 is 11.6 Å². The summed E-state index contributed by atoms with van der Waals surface area (Å²) in [7, 11) is 0. The van der Waals surface area contributed by atoms with E-state index in [1.165, 1.54) is 0 Å². The summed E-state index contributed by atoms with van der Waals surface area (Å²) in [6.45, 7) is 3.39. The molecule has 1 aliphatic rings. The summed E-state index contributed by atoms with van der Waals surface area (Å²) in [6, 6.07) is 7.36. The number of fused-ring (bicyclic) bond motifs is 1. The van der Waals surface area contributed by atoms with E-state index in [2.05, 4.69) is 5.32 Å². The van der Waals surface area contributed by atoms with Crippen molar-refractivity contribution in [1.29, 1.82) is 0 Å². The van der Waals surface area contributed by atoms with Gasteiger partial charge in [-0.2, -0.15) is 0 Å². The van der Waals surface area contributed by atoms with Crippen molar-refractivity contribution in [3.05, 3.63) is 52.3 Å². The fourth-order valence-corrected chi connectivity index (χ4v) is 3.01. The van der Waals surface area contributed by atoms with E-state index in [0.717, 1.165) is 11.3 Å². The maximum absolute atomic E-state index is 12.4. The first-order chi connectivity index (χ1) is 11.0. The normalized spacial score (nSPS) is 13.6. The molecule has 0 bridgehead atoms. The van der Waals surface area contributed by atoms with Gasteiger partial charge in [0.15, 0.2) is 0 Å². The Morgan fingerprint density at radius 2 is 1.91 bits per heavy atom. The van der Waals surface area contributed by atoms with Gasteiger partial charge in [-0.15, -0.1) is 0 Å². The van der Waals surface area contributed by atoms with E-state index >= 15 is 0 Å². The zero-order valence-corrected chi connectivity index (χ0v) is 13.4. The molecule has 3 rings (SSSR count). The van der Waals surface area contributed by atoms with Crippen molar-refractivity contribution in [3.63, 3.8) is 0 Å². The molecule has 1 aliphatic heterocycles. The van der Waals surface area contributed by atoms with Crippen molar-refractivity contribution in [3.8, 4) is 0 Å². The van der Waals surface area contributed by atoms with Gasteiger partial charge in [-0.05, 0) is 19.1 Å². The number of anilines is 1. The Balaban J connectivity index is 1.77. The number of nitrogens with one attached hydrogen (secondary N) is 1. The van der Waals surface area contributed by atoms with E-state index in [1.807, 2.05) is 35.8 Å². The van der Waals surface area contributed by atoms with Crippen LogP contribution in [0.3, 0.4) is 0 Å². The molecule has 1 aromatic heterocycles. The van der Waals surface area contributed by atoms with Gasteiger partial charge in [0.2, 0.25) is 0 Å². The average Bonchev–Trinajstić information content (AvgIpc) is 2.84. The molecule has 1 aromatic carbocycles. The summed E-state index contributed by atoms with van der Waals surface area (Å²) in [5.41, 5.74) is 8.21.